The molecule has 0 unspecified atom stereocenters. The highest BCUT2D eigenvalue weighted by Crippen LogP contribution is 2.20. The number of carboxylic acids is 1. The summed E-state index contributed by atoms with van der Waals surface area (Å²) < 4.78 is 1.33. The lowest BCUT2D eigenvalue weighted by Gasteiger charge is -2.07. The highest BCUT2D eigenvalue weighted by Gasteiger charge is 2.14. The largest absolute Gasteiger partial charge is 0.478 e. The van der Waals surface area contributed by atoms with Gasteiger partial charge in [0.15, 0.2) is 0 Å². The van der Waals surface area contributed by atoms with E-state index in [-0.39, 0.29) is 5.56 Å². The van der Waals surface area contributed by atoms with Crippen molar-refractivity contribution in [3.8, 4) is 5.69 Å². The molecule has 0 atom stereocenters. The number of para-hydroxylation sites is 1. The fraction of sp³-hybridized carbons (Fsp3) is 0. The Morgan fingerprint density at radius 1 is 1.47 bits per heavy atom. The van der Waals surface area contributed by atoms with Crippen LogP contribution in [-0.2, 0) is 0 Å². The molecule has 6 nitrogen and oxygen atoms in total. The molecule has 0 amide bonds. The van der Waals surface area contributed by atoms with Crippen molar-refractivity contribution in [2.75, 3.05) is 5.73 Å². The molecule has 1 heterocycles. The summed E-state index contributed by atoms with van der Waals surface area (Å²) in [6, 6.07) is 4.67. The molecule has 0 aliphatic carbocycles. The molecule has 76 valence electrons. The Hall–Kier alpha value is -2.37. The SMILES string of the molecule is Nc1cccc(C(=O)O)c1-n1cncn1. The van der Waals surface area contributed by atoms with Crippen LogP contribution in [0.1, 0.15) is 10.4 Å². The number of anilines is 1. The number of carboxylic acid groups (broad SMARTS) is 1. The molecule has 1 aromatic heterocycles. The summed E-state index contributed by atoms with van der Waals surface area (Å²) in [5.74, 6) is -1.05. The first-order valence-electron chi connectivity index (χ1n) is 4.17. The standard InChI is InChI=1S/C9H8N4O2/c10-7-3-1-2-6(9(14)15)8(7)13-5-11-4-12-13/h1-5H,10H2,(H,14,15). The summed E-state index contributed by atoms with van der Waals surface area (Å²) in [5.41, 5.74) is 6.48. The quantitative estimate of drug-likeness (QED) is 0.696. The second kappa shape index (κ2) is 3.41. The third-order valence-corrected chi connectivity index (χ3v) is 1.95. The summed E-state index contributed by atoms with van der Waals surface area (Å²) >= 11 is 0. The predicted octanol–water partition coefficient (Wildman–Crippen LogP) is 0.548. The maximum atomic E-state index is 11.0. The van der Waals surface area contributed by atoms with Gasteiger partial charge in [-0.3, -0.25) is 0 Å². The van der Waals surface area contributed by atoms with Crippen molar-refractivity contribution in [2.24, 2.45) is 0 Å². The average molecular weight is 204 g/mol. The smallest absolute Gasteiger partial charge is 0.337 e. The zero-order valence-corrected chi connectivity index (χ0v) is 7.66. The van der Waals surface area contributed by atoms with E-state index in [1.54, 1.807) is 12.1 Å². The highest BCUT2D eigenvalue weighted by molar-refractivity contribution is 5.94. The number of rotatable bonds is 2. The molecule has 6 heteroatoms. The van der Waals surface area contributed by atoms with Gasteiger partial charge in [0.2, 0.25) is 0 Å². The Kier molecular flexibility index (Phi) is 2.09. The van der Waals surface area contributed by atoms with E-state index in [2.05, 4.69) is 10.1 Å². The Morgan fingerprint density at radius 2 is 2.27 bits per heavy atom. The first-order valence-corrected chi connectivity index (χ1v) is 4.17. The van der Waals surface area contributed by atoms with E-state index in [0.29, 0.717) is 11.4 Å². The van der Waals surface area contributed by atoms with Crippen molar-refractivity contribution in [1.29, 1.82) is 0 Å². The van der Waals surface area contributed by atoms with E-state index in [1.165, 1.54) is 23.4 Å². The third-order valence-electron chi connectivity index (χ3n) is 1.95. The van der Waals surface area contributed by atoms with Crippen LogP contribution in [0.25, 0.3) is 5.69 Å². The van der Waals surface area contributed by atoms with Crippen LogP contribution in [0.2, 0.25) is 0 Å². The number of aromatic nitrogens is 3. The molecule has 0 fully saturated rings. The minimum absolute atomic E-state index is 0.0977. The number of nitrogens with two attached hydrogens (primary N) is 1. The molecular formula is C9H8N4O2. The lowest BCUT2D eigenvalue weighted by molar-refractivity contribution is 0.0697. The average Bonchev–Trinajstić information content (AvgIpc) is 2.70. The number of hydrogen-bond acceptors (Lipinski definition) is 4. The fourth-order valence-corrected chi connectivity index (χ4v) is 1.31. The number of aromatic carboxylic acids is 1. The van der Waals surface area contributed by atoms with Gasteiger partial charge in [0.05, 0.1) is 11.3 Å². The molecule has 0 aliphatic heterocycles. The van der Waals surface area contributed by atoms with E-state index in [0.717, 1.165) is 0 Å². The van der Waals surface area contributed by atoms with Crippen molar-refractivity contribution >= 4 is 11.7 Å². The fourth-order valence-electron chi connectivity index (χ4n) is 1.31. The van der Waals surface area contributed by atoms with Gasteiger partial charge in [-0.25, -0.2) is 14.5 Å². The molecule has 0 saturated heterocycles. The minimum Gasteiger partial charge on any atom is -0.478 e. The molecule has 3 N–H and O–H groups in total. The second-order valence-electron chi connectivity index (χ2n) is 2.89. The maximum Gasteiger partial charge on any atom is 0.337 e. The number of nitrogen functional groups attached to an aromatic ring is 1. The molecule has 0 bridgehead atoms. The van der Waals surface area contributed by atoms with Gasteiger partial charge in [-0.1, -0.05) is 6.07 Å². The molecule has 15 heavy (non-hydrogen) atoms. The Balaban J connectivity index is 2.68. The normalized spacial score (nSPS) is 10.1. The van der Waals surface area contributed by atoms with Crippen molar-refractivity contribution in [1.82, 2.24) is 14.8 Å². The van der Waals surface area contributed by atoms with Crippen molar-refractivity contribution in [2.45, 2.75) is 0 Å². The minimum atomic E-state index is -1.05. The Bertz CT molecular complexity index is 493. The van der Waals surface area contributed by atoms with Crippen LogP contribution < -0.4 is 5.73 Å². The van der Waals surface area contributed by atoms with E-state index in [1.807, 2.05) is 0 Å². The van der Waals surface area contributed by atoms with Crippen LogP contribution in [0.3, 0.4) is 0 Å². The summed E-state index contributed by atoms with van der Waals surface area (Å²) in [6.45, 7) is 0. The number of nitrogens with zero attached hydrogens (tertiary/aromatic N) is 3. The van der Waals surface area contributed by atoms with Gasteiger partial charge in [0.25, 0.3) is 0 Å². The Labute approximate surface area is 85.0 Å². The first-order chi connectivity index (χ1) is 7.20. The van der Waals surface area contributed by atoms with Crippen LogP contribution in [0, 0.1) is 0 Å². The van der Waals surface area contributed by atoms with Gasteiger partial charge < -0.3 is 10.8 Å². The molecule has 0 saturated carbocycles. The second-order valence-corrected chi connectivity index (χ2v) is 2.89. The lowest BCUT2D eigenvalue weighted by atomic mass is 10.1. The zero-order valence-electron chi connectivity index (χ0n) is 7.66. The molecule has 0 aliphatic rings. The summed E-state index contributed by atoms with van der Waals surface area (Å²) in [4.78, 5) is 14.7. The van der Waals surface area contributed by atoms with Crippen molar-refractivity contribution in [3.05, 3.63) is 36.4 Å². The van der Waals surface area contributed by atoms with Gasteiger partial charge in [0.1, 0.15) is 18.3 Å². The number of hydrogen-bond donors (Lipinski definition) is 2. The monoisotopic (exact) mass is 204 g/mol. The van der Waals surface area contributed by atoms with Gasteiger partial charge in [-0.2, -0.15) is 5.10 Å². The first kappa shape index (κ1) is 9.20. The number of carbonyl (C=O) groups is 1. The van der Waals surface area contributed by atoms with Crippen LogP contribution in [-0.4, -0.2) is 25.8 Å². The van der Waals surface area contributed by atoms with Gasteiger partial charge in [-0.05, 0) is 12.1 Å². The molecule has 1 aromatic carbocycles. The van der Waals surface area contributed by atoms with Gasteiger partial charge in [0, 0.05) is 0 Å². The Morgan fingerprint density at radius 3 is 2.87 bits per heavy atom. The summed E-state index contributed by atoms with van der Waals surface area (Å²) in [5, 5.41) is 12.8. The van der Waals surface area contributed by atoms with Gasteiger partial charge in [-0.15, -0.1) is 0 Å². The predicted molar refractivity (Wildman–Crippen MR) is 52.7 cm³/mol. The van der Waals surface area contributed by atoms with Gasteiger partial charge >= 0.3 is 5.97 Å². The molecule has 0 spiro atoms. The van der Waals surface area contributed by atoms with Crippen LogP contribution >= 0.6 is 0 Å². The summed E-state index contributed by atoms with van der Waals surface area (Å²) in [6.07, 6.45) is 2.72. The topological polar surface area (TPSA) is 94.0 Å². The molecule has 2 aromatic rings. The van der Waals surface area contributed by atoms with Crippen LogP contribution in [0.4, 0.5) is 5.69 Å². The van der Waals surface area contributed by atoms with Crippen molar-refractivity contribution < 1.29 is 9.90 Å². The van der Waals surface area contributed by atoms with Crippen molar-refractivity contribution in [3.63, 3.8) is 0 Å². The molecule has 0 radical (unpaired) electrons. The van der Waals surface area contributed by atoms with E-state index >= 15 is 0 Å². The van der Waals surface area contributed by atoms with E-state index in [4.69, 9.17) is 10.8 Å². The van der Waals surface area contributed by atoms with Crippen LogP contribution in [0.15, 0.2) is 30.9 Å². The van der Waals surface area contributed by atoms with E-state index in [9.17, 15) is 4.79 Å². The number of benzene rings is 1. The molecular weight excluding hydrogens is 196 g/mol. The lowest BCUT2D eigenvalue weighted by Crippen LogP contribution is -2.08. The maximum absolute atomic E-state index is 11.0. The molecule has 2 rings (SSSR count). The van der Waals surface area contributed by atoms with Crippen LogP contribution in [0.5, 0.6) is 0 Å². The summed E-state index contributed by atoms with van der Waals surface area (Å²) in [7, 11) is 0. The highest BCUT2D eigenvalue weighted by atomic mass is 16.4. The zero-order chi connectivity index (χ0) is 10.8. The third kappa shape index (κ3) is 1.52. The van der Waals surface area contributed by atoms with E-state index < -0.39 is 5.97 Å².